The Kier molecular flexibility index (Phi) is 5.18. The molecule has 0 aliphatic carbocycles. The Morgan fingerprint density at radius 1 is 1.15 bits per heavy atom. The Labute approximate surface area is 122 Å². The number of carbonyl (C=O) groups is 1. The van der Waals surface area contributed by atoms with Crippen LogP contribution in [0.4, 0.5) is 10.1 Å². The second kappa shape index (κ2) is 7.10. The Morgan fingerprint density at radius 2 is 1.85 bits per heavy atom. The number of anilines is 1. The van der Waals surface area contributed by atoms with Crippen LogP contribution < -0.4 is 5.32 Å². The van der Waals surface area contributed by atoms with Crippen molar-refractivity contribution in [2.75, 3.05) is 11.6 Å². The lowest BCUT2D eigenvalue weighted by Gasteiger charge is -2.06. The van der Waals surface area contributed by atoms with Gasteiger partial charge < -0.3 is 5.32 Å². The topological polar surface area (TPSA) is 29.1 Å². The zero-order valence-corrected chi connectivity index (χ0v) is 12.0. The van der Waals surface area contributed by atoms with Gasteiger partial charge in [0.15, 0.2) is 0 Å². The predicted octanol–water partition coefficient (Wildman–Crippen LogP) is 4.12. The van der Waals surface area contributed by atoms with E-state index in [1.165, 1.54) is 6.07 Å². The molecule has 2 aromatic rings. The molecule has 0 spiro atoms. The summed E-state index contributed by atoms with van der Waals surface area (Å²) in [6.45, 7) is 0. The first kappa shape index (κ1) is 14.6. The summed E-state index contributed by atoms with van der Waals surface area (Å²) in [5, 5.41) is 2.81. The van der Waals surface area contributed by atoms with Gasteiger partial charge in [0, 0.05) is 17.0 Å². The third kappa shape index (κ3) is 4.10. The van der Waals surface area contributed by atoms with E-state index < -0.39 is 0 Å². The first-order chi connectivity index (χ1) is 9.69. The second-order valence-corrected chi connectivity index (χ2v) is 5.25. The number of amides is 1. The van der Waals surface area contributed by atoms with Crippen LogP contribution in [0.15, 0.2) is 53.4 Å². The summed E-state index contributed by atoms with van der Waals surface area (Å²) in [6, 6.07) is 14.2. The molecule has 0 heterocycles. The van der Waals surface area contributed by atoms with E-state index in [4.69, 9.17) is 0 Å². The quantitative estimate of drug-likeness (QED) is 0.839. The van der Waals surface area contributed by atoms with E-state index in [0.717, 1.165) is 10.6 Å². The summed E-state index contributed by atoms with van der Waals surface area (Å²) in [5.41, 5.74) is 1.33. The third-order valence-corrected chi connectivity index (χ3v) is 3.70. The fourth-order valence-electron chi connectivity index (χ4n) is 1.85. The lowest BCUT2D eigenvalue weighted by Crippen LogP contribution is -2.12. The monoisotopic (exact) mass is 289 g/mol. The van der Waals surface area contributed by atoms with E-state index >= 15 is 0 Å². The maximum Gasteiger partial charge on any atom is 0.224 e. The van der Waals surface area contributed by atoms with Gasteiger partial charge in [0.05, 0.1) is 0 Å². The largest absolute Gasteiger partial charge is 0.326 e. The van der Waals surface area contributed by atoms with Gasteiger partial charge in [-0.25, -0.2) is 4.39 Å². The van der Waals surface area contributed by atoms with Gasteiger partial charge in [-0.2, -0.15) is 0 Å². The molecule has 0 saturated heterocycles. The molecule has 0 aliphatic heterocycles. The number of aryl methyl sites for hydroxylation is 1. The molecule has 1 amide bonds. The van der Waals surface area contributed by atoms with Gasteiger partial charge >= 0.3 is 0 Å². The highest BCUT2D eigenvalue weighted by Gasteiger charge is 2.06. The molecule has 2 nitrogen and oxygen atoms in total. The van der Waals surface area contributed by atoms with Crippen molar-refractivity contribution in [1.29, 1.82) is 0 Å². The van der Waals surface area contributed by atoms with Gasteiger partial charge in [0.25, 0.3) is 0 Å². The Balaban J connectivity index is 1.87. The number of hydrogen-bond acceptors (Lipinski definition) is 2. The molecular weight excluding hydrogens is 273 g/mol. The van der Waals surface area contributed by atoms with Crippen LogP contribution in [0.1, 0.15) is 12.0 Å². The maximum absolute atomic E-state index is 13.4. The van der Waals surface area contributed by atoms with Crippen LogP contribution in [-0.4, -0.2) is 12.2 Å². The molecular formula is C16H16FNOS. The SMILES string of the molecule is CSc1ccc(NC(=O)CCc2ccccc2F)cc1. The number of carbonyl (C=O) groups excluding carboxylic acids is 1. The number of nitrogens with one attached hydrogen (secondary N) is 1. The molecule has 104 valence electrons. The van der Waals surface area contributed by atoms with Crippen molar-refractivity contribution in [3.05, 3.63) is 59.9 Å². The van der Waals surface area contributed by atoms with E-state index in [1.54, 1.807) is 30.0 Å². The number of hydrogen-bond donors (Lipinski definition) is 1. The lowest BCUT2D eigenvalue weighted by molar-refractivity contribution is -0.116. The minimum atomic E-state index is -0.260. The van der Waals surface area contributed by atoms with E-state index in [1.807, 2.05) is 30.5 Å². The molecule has 0 radical (unpaired) electrons. The molecule has 0 atom stereocenters. The van der Waals surface area contributed by atoms with Gasteiger partial charge in [-0.05, 0) is 48.6 Å². The van der Waals surface area contributed by atoms with Crippen LogP contribution in [0.25, 0.3) is 0 Å². The second-order valence-electron chi connectivity index (χ2n) is 4.37. The molecule has 4 heteroatoms. The highest BCUT2D eigenvalue weighted by molar-refractivity contribution is 7.98. The van der Waals surface area contributed by atoms with Crippen LogP contribution in [0.3, 0.4) is 0 Å². The maximum atomic E-state index is 13.4. The highest BCUT2D eigenvalue weighted by atomic mass is 32.2. The van der Waals surface area contributed by atoms with Gasteiger partial charge in [0.1, 0.15) is 5.82 Å². The molecule has 2 aromatic carbocycles. The van der Waals surface area contributed by atoms with Crippen molar-refractivity contribution in [1.82, 2.24) is 0 Å². The molecule has 0 fully saturated rings. The summed E-state index contributed by atoms with van der Waals surface area (Å²) >= 11 is 1.65. The van der Waals surface area contributed by atoms with Crippen LogP contribution in [0.2, 0.25) is 0 Å². The minimum absolute atomic E-state index is 0.106. The molecule has 0 saturated carbocycles. The van der Waals surface area contributed by atoms with E-state index in [9.17, 15) is 9.18 Å². The zero-order chi connectivity index (χ0) is 14.4. The van der Waals surface area contributed by atoms with Crippen LogP contribution in [-0.2, 0) is 11.2 Å². The fourth-order valence-corrected chi connectivity index (χ4v) is 2.26. The van der Waals surface area contributed by atoms with Crippen molar-refractivity contribution >= 4 is 23.4 Å². The predicted molar refractivity (Wildman–Crippen MR) is 81.6 cm³/mol. The average Bonchev–Trinajstić information content (AvgIpc) is 2.47. The first-order valence-electron chi connectivity index (χ1n) is 6.36. The summed E-state index contributed by atoms with van der Waals surface area (Å²) in [6.07, 6.45) is 2.68. The van der Waals surface area contributed by atoms with Crippen molar-refractivity contribution < 1.29 is 9.18 Å². The summed E-state index contributed by atoms with van der Waals surface area (Å²) in [7, 11) is 0. The van der Waals surface area contributed by atoms with E-state index in [-0.39, 0.29) is 18.1 Å². The Morgan fingerprint density at radius 3 is 2.50 bits per heavy atom. The fraction of sp³-hybridized carbons (Fsp3) is 0.188. The average molecular weight is 289 g/mol. The number of thioether (sulfide) groups is 1. The molecule has 0 aliphatic rings. The van der Waals surface area contributed by atoms with Crippen LogP contribution in [0, 0.1) is 5.82 Å². The molecule has 0 bridgehead atoms. The standard InChI is InChI=1S/C16H16FNOS/c1-20-14-9-7-13(8-10-14)18-16(19)11-6-12-4-2-3-5-15(12)17/h2-5,7-10H,6,11H2,1H3,(H,18,19). The number of rotatable bonds is 5. The lowest BCUT2D eigenvalue weighted by atomic mass is 10.1. The zero-order valence-electron chi connectivity index (χ0n) is 11.2. The van der Waals surface area contributed by atoms with Gasteiger partial charge in [0.2, 0.25) is 5.91 Å². The summed E-state index contributed by atoms with van der Waals surface area (Å²) in [4.78, 5) is 13.0. The Bertz CT molecular complexity index is 583. The van der Waals surface area contributed by atoms with Gasteiger partial charge in [-0.15, -0.1) is 11.8 Å². The number of benzene rings is 2. The van der Waals surface area contributed by atoms with Crippen molar-refractivity contribution in [3.63, 3.8) is 0 Å². The van der Waals surface area contributed by atoms with Crippen LogP contribution in [0.5, 0.6) is 0 Å². The van der Waals surface area contributed by atoms with Crippen molar-refractivity contribution in [3.8, 4) is 0 Å². The smallest absolute Gasteiger partial charge is 0.224 e. The van der Waals surface area contributed by atoms with Crippen LogP contribution >= 0.6 is 11.8 Å². The molecule has 1 N–H and O–H groups in total. The van der Waals surface area contributed by atoms with E-state index in [0.29, 0.717) is 12.0 Å². The van der Waals surface area contributed by atoms with Crippen molar-refractivity contribution in [2.45, 2.75) is 17.7 Å². The Hall–Kier alpha value is -1.81. The van der Waals surface area contributed by atoms with E-state index in [2.05, 4.69) is 5.32 Å². The summed E-state index contributed by atoms with van der Waals surface area (Å²) < 4.78 is 13.4. The van der Waals surface area contributed by atoms with Crippen molar-refractivity contribution in [2.24, 2.45) is 0 Å². The van der Waals surface area contributed by atoms with Gasteiger partial charge in [-0.1, -0.05) is 18.2 Å². The molecule has 2 rings (SSSR count). The molecule has 0 aromatic heterocycles. The third-order valence-electron chi connectivity index (χ3n) is 2.95. The normalized spacial score (nSPS) is 10.3. The number of halogens is 1. The minimum Gasteiger partial charge on any atom is -0.326 e. The molecule has 20 heavy (non-hydrogen) atoms. The first-order valence-corrected chi connectivity index (χ1v) is 7.59. The highest BCUT2D eigenvalue weighted by Crippen LogP contribution is 2.17. The molecule has 0 unspecified atom stereocenters. The van der Waals surface area contributed by atoms with Gasteiger partial charge in [-0.3, -0.25) is 4.79 Å². The summed E-state index contributed by atoms with van der Waals surface area (Å²) in [5.74, 6) is -0.366.